The number of hydrogen-bond acceptors (Lipinski definition) is 6. The molecule has 1 aliphatic carbocycles. The fourth-order valence-electron chi connectivity index (χ4n) is 4.12. The van der Waals surface area contributed by atoms with Gasteiger partial charge in [0, 0.05) is 17.8 Å². The highest BCUT2D eigenvalue weighted by Crippen LogP contribution is 2.44. The number of aliphatic carboxylic acids is 1. The number of hydrogen-bond donors (Lipinski definition) is 2. The predicted octanol–water partition coefficient (Wildman–Crippen LogP) is 4.29. The second kappa shape index (κ2) is 10.0. The number of thiazole rings is 1. The number of benzene rings is 2. The molecule has 34 heavy (non-hydrogen) atoms. The number of likely N-dealkylation sites (N-methyl/N-ethyl adjacent to an activating group) is 1. The number of carbonyl (C=O) groups excluding carboxylic acids is 2. The van der Waals surface area contributed by atoms with E-state index in [0.29, 0.717) is 5.01 Å². The minimum absolute atomic E-state index is 0.0354. The number of rotatable bonds is 8. The van der Waals surface area contributed by atoms with Crippen LogP contribution in [0.2, 0.25) is 0 Å². The molecule has 3 aromatic rings. The van der Waals surface area contributed by atoms with Crippen LogP contribution < -0.4 is 5.32 Å². The van der Waals surface area contributed by atoms with E-state index in [1.807, 2.05) is 24.3 Å². The Bertz CT molecular complexity index is 1180. The van der Waals surface area contributed by atoms with E-state index in [9.17, 15) is 14.4 Å². The van der Waals surface area contributed by atoms with E-state index in [1.165, 1.54) is 16.2 Å². The van der Waals surface area contributed by atoms with Gasteiger partial charge in [-0.1, -0.05) is 48.5 Å². The van der Waals surface area contributed by atoms with Crippen LogP contribution in [-0.2, 0) is 9.53 Å². The van der Waals surface area contributed by atoms with Crippen LogP contribution in [0.25, 0.3) is 11.1 Å². The monoisotopic (exact) mass is 479 g/mol. The van der Waals surface area contributed by atoms with Crippen LogP contribution >= 0.6 is 11.3 Å². The third-order valence-electron chi connectivity index (χ3n) is 5.78. The number of fused-ring (bicyclic) bond motifs is 3. The maximum atomic E-state index is 12.5. The van der Waals surface area contributed by atoms with E-state index in [4.69, 9.17) is 9.84 Å². The molecule has 1 aliphatic rings. The van der Waals surface area contributed by atoms with Gasteiger partial charge >= 0.3 is 12.1 Å². The summed E-state index contributed by atoms with van der Waals surface area (Å²) in [6.07, 6.45) is -0.571. The Hall–Kier alpha value is -3.72. The molecule has 0 saturated carbocycles. The van der Waals surface area contributed by atoms with Crippen molar-refractivity contribution in [2.24, 2.45) is 0 Å². The first-order valence-corrected chi connectivity index (χ1v) is 11.8. The van der Waals surface area contributed by atoms with Crippen molar-refractivity contribution in [2.45, 2.75) is 25.8 Å². The lowest BCUT2D eigenvalue weighted by Crippen LogP contribution is -2.35. The van der Waals surface area contributed by atoms with Gasteiger partial charge in [0.05, 0.1) is 6.04 Å². The van der Waals surface area contributed by atoms with Gasteiger partial charge in [-0.3, -0.25) is 9.59 Å². The second-order valence-electron chi connectivity index (χ2n) is 7.98. The number of alkyl carbamates (subject to hydrolysis) is 1. The molecule has 0 spiro atoms. The van der Waals surface area contributed by atoms with Crippen LogP contribution in [0.4, 0.5) is 4.79 Å². The molecule has 2 N–H and O–H groups in total. The van der Waals surface area contributed by atoms with Crippen molar-refractivity contribution in [1.29, 1.82) is 0 Å². The van der Waals surface area contributed by atoms with Crippen molar-refractivity contribution in [1.82, 2.24) is 15.2 Å². The highest BCUT2D eigenvalue weighted by Gasteiger charge is 2.29. The number of nitrogens with one attached hydrogen (secondary N) is 1. The number of aromatic nitrogens is 1. The molecule has 0 radical (unpaired) electrons. The van der Waals surface area contributed by atoms with Gasteiger partial charge in [-0.15, -0.1) is 11.3 Å². The number of carboxylic acid groups (broad SMARTS) is 1. The molecule has 0 aliphatic heterocycles. The minimum Gasteiger partial charge on any atom is -0.480 e. The first kappa shape index (κ1) is 23.4. The Labute approximate surface area is 201 Å². The Kier molecular flexibility index (Phi) is 6.93. The molecule has 2 amide bonds. The largest absolute Gasteiger partial charge is 0.480 e. The predicted molar refractivity (Wildman–Crippen MR) is 128 cm³/mol. The van der Waals surface area contributed by atoms with Gasteiger partial charge in [0.15, 0.2) is 0 Å². The molecule has 9 heteroatoms. The molecule has 4 rings (SSSR count). The summed E-state index contributed by atoms with van der Waals surface area (Å²) in [7, 11) is 0. The summed E-state index contributed by atoms with van der Waals surface area (Å²) in [5.74, 6) is -1.58. The number of nitrogens with zero attached hydrogens (tertiary/aromatic N) is 2. The molecule has 0 fully saturated rings. The molecule has 0 saturated heterocycles. The first-order chi connectivity index (χ1) is 16.4. The van der Waals surface area contributed by atoms with Crippen LogP contribution in [0.1, 0.15) is 52.4 Å². The fourth-order valence-corrected chi connectivity index (χ4v) is 4.92. The maximum absolute atomic E-state index is 12.5. The molecule has 176 valence electrons. The molecular formula is C25H25N3O5S. The molecule has 1 aromatic heterocycles. The summed E-state index contributed by atoms with van der Waals surface area (Å²) < 4.78 is 5.57. The zero-order valence-electron chi connectivity index (χ0n) is 18.9. The minimum atomic E-state index is -1.09. The molecular weight excluding hydrogens is 454 g/mol. The third-order valence-corrected chi connectivity index (χ3v) is 6.81. The van der Waals surface area contributed by atoms with Gasteiger partial charge in [-0.25, -0.2) is 9.78 Å². The summed E-state index contributed by atoms with van der Waals surface area (Å²) in [6.45, 7) is 3.52. The van der Waals surface area contributed by atoms with Crippen molar-refractivity contribution in [3.63, 3.8) is 0 Å². The lowest BCUT2D eigenvalue weighted by atomic mass is 9.98. The summed E-state index contributed by atoms with van der Waals surface area (Å²) >= 11 is 1.22. The molecule has 1 atom stereocenters. The summed E-state index contributed by atoms with van der Waals surface area (Å²) in [4.78, 5) is 41.5. The maximum Gasteiger partial charge on any atom is 0.407 e. The highest BCUT2D eigenvalue weighted by atomic mass is 32.1. The zero-order valence-corrected chi connectivity index (χ0v) is 19.7. The van der Waals surface area contributed by atoms with E-state index in [0.717, 1.165) is 22.3 Å². The Morgan fingerprint density at radius 2 is 1.74 bits per heavy atom. The number of carbonyl (C=O) groups is 3. The van der Waals surface area contributed by atoms with Crippen molar-refractivity contribution >= 4 is 29.3 Å². The van der Waals surface area contributed by atoms with Gasteiger partial charge in [0.1, 0.15) is 23.9 Å². The summed E-state index contributed by atoms with van der Waals surface area (Å²) in [6, 6.07) is 15.8. The van der Waals surface area contributed by atoms with Crippen molar-refractivity contribution in [3.05, 3.63) is 75.7 Å². The van der Waals surface area contributed by atoms with Gasteiger partial charge < -0.3 is 20.1 Å². The van der Waals surface area contributed by atoms with E-state index >= 15 is 0 Å². The van der Waals surface area contributed by atoms with Crippen molar-refractivity contribution in [2.75, 3.05) is 19.7 Å². The number of amides is 2. The standard InChI is InChI=1S/C25H25N3O5S/c1-3-28(12-22(29)30)24(31)21-14-34-23(27-21)15(2)26-25(32)33-13-20-18-10-6-4-8-16(18)17-9-5-7-11-19(17)20/h4-11,14-15,20H,3,12-13H2,1-2H3,(H,26,32)(H,29,30). The summed E-state index contributed by atoms with van der Waals surface area (Å²) in [5.41, 5.74) is 4.74. The smallest absolute Gasteiger partial charge is 0.407 e. The molecule has 1 unspecified atom stereocenters. The number of ether oxygens (including phenoxy) is 1. The van der Waals surface area contributed by atoms with Crippen LogP contribution in [0.15, 0.2) is 53.9 Å². The van der Waals surface area contributed by atoms with Gasteiger partial charge in [0.25, 0.3) is 5.91 Å². The molecule has 0 bridgehead atoms. The Morgan fingerprint density at radius 3 is 2.32 bits per heavy atom. The molecule has 1 heterocycles. The van der Waals surface area contributed by atoms with Crippen LogP contribution in [0.3, 0.4) is 0 Å². The summed E-state index contributed by atoms with van der Waals surface area (Å²) in [5, 5.41) is 13.8. The van der Waals surface area contributed by atoms with E-state index in [2.05, 4.69) is 34.6 Å². The quantitative estimate of drug-likeness (QED) is 0.499. The molecule has 8 nitrogen and oxygen atoms in total. The molecule has 2 aromatic carbocycles. The topological polar surface area (TPSA) is 109 Å². The number of carboxylic acids is 1. The SMILES string of the molecule is CCN(CC(=O)O)C(=O)c1csc(C(C)NC(=O)OCC2c3ccccc3-c3ccccc32)n1. The normalized spacial score (nSPS) is 13.0. The Balaban J connectivity index is 1.37. The second-order valence-corrected chi connectivity index (χ2v) is 8.87. The fraction of sp³-hybridized carbons (Fsp3) is 0.280. The van der Waals surface area contributed by atoms with Crippen LogP contribution in [0, 0.1) is 0 Å². The lowest BCUT2D eigenvalue weighted by Gasteiger charge is -2.17. The van der Waals surface area contributed by atoms with Crippen LogP contribution in [-0.4, -0.2) is 52.7 Å². The van der Waals surface area contributed by atoms with Crippen molar-refractivity contribution in [3.8, 4) is 11.1 Å². The van der Waals surface area contributed by atoms with Gasteiger partial charge in [0.2, 0.25) is 0 Å². The van der Waals surface area contributed by atoms with E-state index in [1.54, 1.807) is 19.2 Å². The zero-order chi connectivity index (χ0) is 24.2. The van der Waals surface area contributed by atoms with E-state index < -0.39 is 30.6 Å². The average molecular weight is 480 g/mol. The van der Waals surface area contributed by atoms with Gasteiger partial charge in [-0.05, 0) is 36.1 Å². The van der Waals surface area contributed by atoms with Crippen molar-refractivity contribution < 1.29 is 24.2 Å². The third kappa shape index (κ3) is 4.79. The lowest BCUT2D eigenvalue weighted by molar-refractivity contribution is -0.137. The van der Waals surface area contributed by atoms with Gasteiger partial charge in [-0.2, -0.15) is 0 Å². The van der Waals surface area contributed by atoms with E-state index in [-0.39, 0.29) is 24.8 Å². The first-order valence-electron chi connectivity index (χ1n) is 11.0. The Morgan fingerprint density at radius 1 is 1.12 bits per heavy atom. The average Bonchev–Trinajstić information content (AvgIpc) is 3.44. The van der Waals surface area contributed by atoms with Crippen LogP contribution in [0.5, 0.6) is 0 Å². The highest BCUT2D eigenvalue weighted by molar-refractivity contribution is 7.09.